The number of rotatable bonds is 17. The highest BCUT2D eigenvalue weighted by Crippen LogP contribution is 2.12. The Morgan fingerprint density at radius 3 is 1.73 bits per heavy atom. The Kier molecular flexibility index (Phi) is 25.1. The zero-order valence-electron chi connectivity index (χ0n) is 21.1. The first kappa shape index (κ1) is 31.1. The molecule has 0 atom stereocenters. The standard InChI is InChI=1S/C17H34O2.C10H18O/c1-4-5-6-7-8-9-10-11-12-13-14-15-17(18)19-16(2)3;1-9(2)5-4-6-10(3)7-8-11/h16H,4-15H2,1-3H3;5,7,11H,4,6,8H2,1-3H3/b;10-7+. The Hall–Kier alpha value is -1.09. The van der Waals surface area contributed by atoms with Crippen molar-refractivity contribution in [3.63, 3.8) is 0 Å². The second kappa shape index (κ2) is 24.2. The molecule has 0 aromatic carbocycles. The van der Waals surface area contributed by atoms with Gasteiger partial charge in [-0.1, -0.05) is 94.4 Å². The van der Waals surface area contributed by atoms with Crippen molar-refractivity contribution in [1.82, 2.24) is 0 Å². The third kappa shape index (κ3) is 29.1. The van der Waals surface area contributed by atoms with E-state index in [2.05, 4.69) is 33.8 Å². The van der Waals surface area contributed by atoms with Gasteiger partial charge in [0, 0.05) is 6.42 Å². The van der Waals surface area contributed by atoms with Crippen molar-refractivity contribution < 1.29 is 14.6 Å². The van der Waals surface area contributed by atoms with E-state index in [4.69, 9.17) is 9.84 Å². The summed E-state index contributed by atoms with van der Waals surface area (Å²) in [6.07, 6.45) is 21.3. The van der Waals surface area contributed by atoms with E-state index >= 15 is 0 Å². The number of hydrogen-bond acceptors (Lipinski definition) is 3. The van der Waals surface area contributed by atoms with Gasteiger partial charge in [-0.05, 0) is 53.9 Å². The molecule has 0 amide bonds. The fraction of sp³-hybridized carbons (Fsp3) is 0.815. The Morgan fingerprint density at radius 1 is 0.800 bits per heavy atom. The molecule has 0 fully saturated rings. The van der Waals surface area contributed by atoms with Gasteiger partial charge in [0.1, 0.15) is 0 Å². The number of carbonyl (C=O) groups is 1. The maximum Gasteiger partial charge on any atom is 0.306 e. The Labute approximate surface area is 188 Å². The molecular formula is C27H52O3. The molecule has 178 valence electrons. The van der Waals surface area contributed by atoms with Gasteiger partial charge in [-0.3, -0.25) is 4.79 Å². The summed E-state index contributed by atoms with van der Waals surface area (Å²) in [6, 6.07) is 0. The first-order valence-corrected chi connectivity index (χ1v) is 12.4. The molecule has 0 radical (unpaired) electrons. The van der Waals surface area contributed by atoms with Crippen molar-refractivity contribution in [3.05, 3.63) is 23.3 Å². The predicted molar refractivity (Wildman–Crippen MR) is 132 cm³/mol. The molecule has 3 heteroatoms. The molecule has 1 N–H and O–H groups in total. The normalized spacial score (nSPS) is 11.1. The van der Waals surface area contributed by atoms with Crippen LogP contribution >= 0.6 is 0 Å². The second-order valence-electron chi connectivity index (χ2n) is 8.88. The largest absolute Gasteiger partial charge is 0.463 e. The van der Waals surface area contributed by atoms with Crippen LogP contribution in [0.5, 0.6) is 0 Å². The van der Waals surface area contributed by atoms with E-state index in [1.54, 1.807) is 0 Å². The van der Waals surface area contributed by atoms with Gasteiger partial charge in [0.2, 0.25) is 0 Å². The van der Waals surface area contributed by atoms with Crippen molar-refractivity contribution in [2.45, 2.75) is 138 Å². The molecular weight excluding hydrogens is 372 g/mol. The van der Waals surface area contributed by atoms with E-state index in [9.17, 15) is 4.79 Å². The molecule has 0 unspecified atom stereocenters. The van der Waals surface area contributed by atoms with Crippen molar-refractivity contribution in [3.8, 4) is 0 Å². The predicted octanol–water partition coefficient (Wildman–Crippen LogP) is 8.31. The summed E-state index contributed by atoms with van der Waals surface area (Å²) in [6.45, 7) is 12.5. The average Bonchev–Trinajstić information content (AvgIpc) is 2.66. The van der Waals surface area contributed by atoms with E-state index in [0.717, 1.165) is 19.3 Å². The number of aliphatic hydroxyl groups is 1. The average molecular weight is 425 g/mol. The quantitative estimate of drug-likeness (QED) is 0.145. The van der Waals surface area contributed by atoms with Gasteiger partial charge in [-0.2, -0.15) is 0 Å². The fourth-order valence-electron chi connectivity index (χ4n) is 3.10. The summed E-state index contributed by atoms with van der Waals surface area (Å²) in [5.41, 5.74) is 2.63. The Morgan fingerprint density at radius 2 is 1.30 bits per heavy atom. The number of unbranched alkanes of at least 4 members (excludes halogenated alkanes) is 10. The van der Waals surface area contributed by atoms with E-state index < -0.39 is 0 Å². The molecule has 0 aliphatic heterocycles. The number of allylic oxidation sites excluding steroid dienone is 3. The topological polar surface area (TPSA) is 46.5 Å². The van der Waals surface area contributed by atoms with E-state index in [1.807, 2.05) is 19.9 Å². The van der Waals surface area contributed by atoms with E-state index in [1.165, 1.54) is 75.4 Å². The summed E-state index contributed by atoms with van der Waals surface area (Å²) in [7, 11) is 0. The van der Waals surface area contributed by atoms with Crippen LogP contribution in [0.3, 0.4) is 0 Å². The highest BCUT2D eigenvalue weighted by Gasteiger charge is 2.04. The second-order valence-corrected chi connectivity index (χ2v) is 8.88. The zero-order valence-corrected chi connectivity index (χ0v) is 21.1. The van der Waals surface area contributed by atoms with Gasteiger partial charge in [0.15, 0.2) is 0 Å². The minimum Gasteiger partial charge on any atom is -0.463 e. The molecule has 0 aliphatic rings. The van der Waals surface area contributed by atoms with Crippen LogP contribution in [0.1, 0.15) is 131 Å². The SMILES string of the molecule is CC(C)=CCC/C(C)=C/CO.CCCCCCCCCCCCCC(=O)OC(C)C. The molecule has 3 nitrogen and oxygen atoms in total. The van der Waals surface area contributed by atoms with Crippen LogP contribution < -0.4 is 0 Å². The molecule has 0 saturated carbocycles. The van der Waals surface area contributed by atoms with Crippen LogP contribution in [0.4, 0.5) is 0 Å². The summed E-state index contributed by atoms with van der Waals surface area (Å²) in [5.74, 6) is -0.0362. The third-order valence-corrected chi connectivity index (χ3v) is 4.88. The molecule has 30 heavy (non-hydrogen) atoms. The molecule has 0 aromatic heterocycles. The third-order valence-electron chi connectivity index (χ3n) is 4.88. The van der Waals surface area contributed by atoms with E-state index in [-0.39, 0.29) is 18.7 Å². The molecule has 0 spiro atoms. The Balaban J connectivity index is 0. The molecule has 0 rings (SSSR count). The van der Waals surface area contributed by atoms with Gasteiger partial charge in [-0.15, -0.1) is 0 Å². The van der Waals surface area contributed by atoms with Crippen LogP contribution in [0.25, 0.3) is 0 Å². The maximum atomic E-state index is 11.3. The summed E-state index contributed by atoms with van der Waals surface area (Å²) in [5, 5.41) is 8.55. The number of hydrogen-bond donors (Lipinski definition) is 1. The number of esters is 1. The van der Waals surface area contributed by atoms with Gasteiger partial charge in [0.25, 0.3) is 0 Å². The van der Waals surface area contributed by atoms with Gasteiger partial charge < -0.3 is 9.84 Å². The summed E-state index contributed by atoms with van der Waals surface area (Å²) in [4.78, 5) is 11.3. The van der Waals surface area contributed by atoms with Crippen molar-refractivity contribution >= 4 is 5.97 Å². The lowest BCUT2D eigenvalue weighted by Gasteiger charge is -2.07. The smallest absolute Gasteiger partial charge is 0.306 e. The number of carbonyl (C=O) groups excluding carboxylic acids is 1. The van der Waals surface area contributed by atoms with Crippen LogP contribution in [-0.2, 0) is 9.53 Å². The maximum absolute atomic E-state index is 11.3. The highest BCUT2D eigenvalue weighted by atomic mass is 16.5. The molecule has 0 bridgehead atoms. The van der Waals surface area contributed by atoms with Gasteiger partial charge in [0.05, 0.1) is 12.7 Å². The molecule has 0 aliphatic carbocycles. The minimum absolute atomic E-state index is 0.0280. The van der Waals surface area contributed by atoms with Gasteiger partial charge >= 0.3 is 5.97 Å². The van der Waals surface area contributed by atoms with Crippen molar-refractivity contribution in [1.29, 1.82) is 0 Å². The Bertz CT molecular complexity index is 431. The molecule has 0 saturated heterocycles. The minimum atomic E-state index is -0.0362. The van der Waals surface area contributed by atoms with Crippen molar-refractivity contribution in [2.75, 3.05) is 6.61 Å². The van der Waals surface area contributed by atoms with Crippen LogP contribution in [0.15, 0.2) is 23.3 Å². The van der Waals surface area contributed by atoms with Crippen LogP contribution in [0, 0.1) is 0 Å². The number of ether oxygens (including phenoxy) is 1. The monoisotopic (exact) mass is 424 g/mol. The lowest BCUT2D eigenvalue weighted by atomic mass is 10.1. The molecule has 0 heterocycles. The lowest BCUT2D eigenvalue weighted by Crippen LogP contribution is -2.10. The van der Waals surface area contributed by atoms with E-state index in [0.29, 0.717) is 6.42 Å². The summed E-state index contributed by atoms with van der Waals surface area (Å²) < 4.78 is 5.10. The first-order valence-electron chi connectivity index (χ1n) is 12.4. The highest BCUT2D eigenvalue weighted by molar-refractivity contribution is 5.69. The fourth-order valence-corrected chi connectivity index (χ4v) is 3.10. The van der Waals surface area contributed by atoms with Gasteiger partial charge in [-0.25, -0.2) is 0 Å². The van der Waals surface area contributed by atoms with Crippen LogP contribution in [-0.4, -0.2) is 23.8 Å². The molecule has 0 aromatic rings. The first-order chi connectivity index (χ1) is 14.3. The zero-order chi connectivity index (χ0) is 23.0. The number of aliphatic hydroxyl groups excluding tert-OH is 1. The van der Waals surface area contributed by atoms with Crippen molar-refractivity contribution in [2.24, 2.45) is 0 Å². The summed E-state index contributed by atoms with van der Waals surface area (Å²) >= 11 is 0. The van der Waals surface area contributed by atoms with Crippen LogP contribution in [0.2, 0.25) is 0 Å². The lowest BCUT2D eigenvalue weighted by molar-refractivity contribution is -0.147.